The van der Waals surface area contributed by atoms with E-state index < -0.39 is 97.5 Å². The van der Waals surface area contributed by atoms with E-state index in [1.54, 1.807) is 0 Å². The van der Waals surface area contributed by atoms with Crippen molar-refractivity contribution >= 4 is 39.5 Å². The normalized spacial score (nSPS) is 14.6. The minimum absolute atomic E-state index is 0.0609. The van der Waals surface area contributed by atoms with E-state index >= 15 is 0 Å². The molecule has 596 valence electrons. The molecule has 0 spiro atoms. The van der Waals surface area contributed by atoms with Crippen LogP contribution in [0.25, 0.3) is 0 Å². The third kappa shape index (κ3) is 75.4. The van der Waals surface area contributed by atoms with E-state index in [1.165, 1.54) is 57.8 Å². The summed E-state index contributed by atoms with van der Waals surface area (Å²) in [5, 5.41) is 10.6. The Hall–Kier alpha value is -4.80. The molecule has 0 heterocycles. The van der Waals surface area contributed by atoms with Crippen LogP contribution in [0, 0.1) is 0 Å². The van der Waals surface area contributed by atoms with Crippen LogP contribution in [0.5, 0.6) is 0 Å². The van der Waals surface area contributed by atoms with Gasteiger partial charge in [-0.2, -0.15) is 0 Å². The topological polar surface area (TPSA) is 237 Å². The summed E-state index contributed by atoms with van der Waals surface area (Å²) in [6.45, 7) is 4.56. The fourth-order valence-corrected chi connectivity index (χ4v) is 12.1. The largest absolute Gasteiger partial charge is 0.472 e. The highest BCUT2D eigenvalue weighted by Gasteiger charge is 2.30. The van der Waals surface area contributed by atoms with Gasteiger partial charge < -0.3 is 33.8 Å². The van der Waals surface area contributed by atoms with Crippen LogP contribution in [-0.4, -0.2) is 96.7 Å². The maximum Gasteiger partial charge on any atom is 0.472 e. The Kier molecular flexibility index (Phi) is 72.9. The van der Waals surface area contributed by atoms with Crippen LogP contribution in [-0.2, 0) is 65.4 Å². The SMILES string of the molecule is CC/C=C\C/C=C\C/C=C\C/C=C\CCCCCCC(=O)OCC(COP(=O)(O)OCC(O)COP(=O)(O)OCC(COC(=O)CCCCCCCC/C=C\C/C=C\C/C=C\CCCCC)OC(=O)CCCCCC/C=C\C/C=C\C/C=C\C/C=C\CC)OC(=O)CCCCCCCCCCCCC. The highest BCUT2D eigenvalue weighted by Crippen LogP contribution is 2.45. The molecule has 0 amide bonds. The lowest BCUT2D eigenvalue weighted by Crippen LogP contribution is -2.30. The smallest absolute Gasteiger partial charge is 0.462 e. The lowest BCUT2D eigenvalue weighted by molar-refractivity contribution is -0.161. The van der Waals surface area contributed by atoms with Crippen molar-refractivity contribution in [1.29, 1.82) is 0 Å². The van der Waals surface area contributed by atoms with E-state index in [0.717, 1.165) is 186 Å². The summed E-state index contributed by atoms with van der Waals surface area (Å²) in [6, 6.07) is 0. The van der Waals surface area contributed by atoms with Crippen molar-refractivity contribution in [3.63, 3.8) is 0 Å². The number of allylic oxidation sites excluding steroid dienone is 22. The van der Waals surface area contributed by atoms with E-state index in [1.807, 2.05) is 0 Å². The molecule has 0 fully saturated rings. The van der Waals surface area contributed by atoms with Gasteiger partial charge in [0.1, 0.15) is 19.3 Å². The fourth-order valence-electron chi connectivity index (χ4n) is 10.5. The fraction of sp³-hybridized carbons (Fsp3) is 0.694. The van der Waals surface area contributed by atoms with E-state index in [4.69, 9.17) is 37.0 Å². The zero-order valence-electron chi connectivity index (χ0n) is 65.2. The van der Waals surface area contributed by atoms with Gasteiger partial charge in [0.25, 0.3) is 0 Å². The van der Waals surface area contributed by atoms with Gasteiger partial charge in [-0.25, -0.2) is 9.13 Å². The maximum atomic E-state index is 13.1. The average molecular weight is 1500 g/mol. The predicted molar refractivity (Wildman–Crippen MR) is 427 cm³/mol. The summed E-state index contributed by atoms with van der Waals surface area (Å²) < 4.78 is 68.6. The molecule has 0 saturated heterocycles. The number of hydrogen-bond acceptors (Lipinski definition) is 15. The molecule has 0 aliphatic heterocycles. The standard InChI is InChI=1S/C85H144O17P2/c1-5-9-13-17-21-25-29-32-35-38-39-42-44-47-51-54-58-62-66-70-83(88)96-76-81(102-85(90)72-68-64-60-56-52-48-45-41-37-34-31-27-23-19-15-11-7-3)78-100-104(93,94)98-74-79(86)73-97-103(91,92)99-77-80(101-84(89)71-67-63-59-55-49-28-24-20-16-12-8-4)75-95-82(87)69-65-61-57-53-50-46-43-40-36-33-30-26-22-18-14-10-6-2/h10-11,14-15,21-23,25-27,32-37,39,42-43,45-46,48,79-81,86H,5-9,12-13,16-20,24,28-31,38,40-41,44,47,49-78H2,1-4H3,(H,91,92)(H,93,94)/b14-10-,15-11-,25-21-,26-22-,27-23-,35-32-,36-33-,37-34-,42-39-,46-43-,48-45-. The number of aliphatic hydroxyl groups is 1. The van der Waals surface area contributed by atoms with Gasteiger partial charge in [-0.3, -0.25) is 37.3 Å². The Labute approximate surface area is 631 Å². The lowest BCUT2D eigenvalue weighted by atomic mass is 10.1. The van der Waals surface area contributed by atoms with Gasteiger partial charge in [0.2, 0.25) is 0 Å². The Morgan fingerprint density at radius 1 is 0.279 bits per heavy atom. The van der Waals surface area contributed by atoms with Crippen molar-refractivity contribution in [3.8, 4) is 0 Å². The number of esters is 4. The molecule has 0 rings (SSSR count). The summed E-state index contributed by atoms with van der Waals surface area (Å²) >= 11 is 0. The molecule has 5 unspecified atom stereocenters. The Bertz CT molecular complexity index is 2490. The van der Waals surface area contributed by atoms with Crippen LogP contribution >= 0.6 is 15.6 Å². The first-order valence-electron chi connectivity index (χ1n) is 40.4. The van der Waals surface area contributed by atoms with Gasteiger partial charge in [-0.15, -0.1) is 0 Å². The zero-order chi connectivity index (χ0) is 76.0. The molecule has 0 aromatic carbocycles. The first kappa shape index (κ1) is 99.2. The number of carbonyl (C=O) groups is 4. The van der Waals surface area contributed by atoms with Gasteiger partial charge in [0, 0.05) is 25.7 Å². The van der Waals surface area contributed by atoms with Gasteiger partial charge in [-0.1, -0.05) is 290 Å². The minimum Gasteiger partial charge on any atom is -0.462 e. The number of hydrogen-bond donors (Lipinski definition) is 3. The number of ether oxygens (including phenoxy) is 4. The summed E-state index contributed by atoms with van der Waals surface area (Å²) in [5.41, 5.74) is 0. The van der Waals surface area contributed by atoms with Crippen molar-refractivity contribution < 1.29 is 80.2 Å². The Morgan fingerprint density at radius 3 is 0.788 bits per heavy atom. The third-order valence-electron chi connectivity index (χ3n) is 16.6. The summed E-state index contributed by atoms with van der Waals surface area (Å²) in [6.07, 6.45) is 85.7. The quantitative estimate of drug-likeness (QED) is 0.0169. The second kappa shape index (κ2) is 76.4. The number of phosphoric ester groups is 2. The van der Waals surface area contributed by atoms with Crippen molar-refractivity contribution in [3.05, 3.63) is 134 Å². The van der Waals surface area contributed by atoms with Crippen LogP contribution in [0.3, 0.4) is 0 Å². The molecular formula is C85H144O17P2. The van der Waals surface area contributed by atoms with E-state index in [0.29, 0.717) is 25.7 Å². The highest BCUT2D eigenvalue weighted by molar-refractivity contribution is 7.47. The molecule has 0 radical (unpaired) electrons. The molecule has 5 atom stereocenters. The molecule has 0 aliphatic carbocycles. The Balaban J connectivity index is 5.39. The number of rotatable bonds is 75. The molecule has 0 saturated carbocycles. The van der Waals surface area contributed by atoms with Gasteiger partial charge in [0.15, 0.2) is 12.2 Å². The van der Waals surface area contributed by atoms with Crippen molar-refractivity contribution in [2.75, 3.05) is 39.6 Å². The summed E-state index contributed by atoms with van der Waals surface area (Å²) in [5.74, 6) is -2.24. The highest BCUT2D eigenvalue weighted by atomic mass is 31.2. The molecule has 0 bridgehead atoms. The monoisotopic (exact) mass is 1500 g/mol. The Morgan fingerprint density at radius 2 is 0.500 bits per heavy atom. The molecule has 0 aliphatic rings. The lowest BCUT2D eigenvalue weighted by Gasteiger charge is -2.21. The molecule has 0 aromatic rings. The van der Waals surface area contributed by atoms with E-state index in [9.17, 15) is 43.2 Å². The predicted octanol–water partition coefficient (Wildman–Crippen LogP) is 23.7. The number of carbonyl (C=O) groups excluding carboxylic acids is 4. The number of aliphatic hydroxyl groups excluding tert-OH is 1. The first-order valence-corrected chi connectivity index (χ1v) is 43.4. The molecule has 19 heteroatoms. The summed E-state index contributed by atoms with van der Waals surface area (Å²) in [4.78, 5) is 73.0. The molecular weight excluding hydrogens is 1350 g/mol. The average Bonchev–Trinajstić information content (AvgIpc) is 0.906. The third-order valence-corrected chi connectivity index (χ3v) is 18.5. The van der Waals surface area contributed by atoms with Crippen LogP contribution in [0.15, 0.2) is 134 Å². The molecule has 17 nitrogen and oxygen atoms in total. The van der Waals surface area contributed by atoms with E-state index in [-0.39, 0.29) is 25.7 Å². The number of phosphoric acid groups is 2. The molecule has 0 aromatic heterocycles. The van der Waals surface area contributed by atoms with Crippen LogP contribution in [0.4, 0.5) is 0 Å². The second-order valence-electron chi connectivity index (χ2n) is 26.6. The van der Waals surface area contributed by atoms with Crippen molar-refractivity contribution in [1.82, 2.24) is 0 Å². The van der Waals surface area contributed by atoms with E-state index in [2.05, 4.69) is 161 Å². The second-order valence-corrected chi connectivity index (χ2v) is 29.5. The molecule has 3 N–H and O–H groups in total. The minimum atomic E-state index is -4.99. The number of unbranched alkanes of at least 4 members (excludes halogenated alkanes) is 27. The van der Waals surface area contributed by atoms with Crippen molar-refractivity contribution in [2.24, 2.45) is 0 Å². The molecule has 104 heavy (non-hydrogen) atoms. The first-order chi connectivity index (χ1) is 50.7. The van der Waals surface area contributed by atoms with Gasteiger partial charge in [0.05, 0.1) is 26.4 Å². The van der Waals surface area contributed by atoms with Crippen LogP contribution in [0.1, 0.15) is 323 Å². The zero-order valence-corrected chi connectivity index (χ0v) is 66.9. The van der Waals surface area contributed by atoms with Gasteiger partial charge >= 0.3 is 39.5 Å². The van der Waals surface area contributed by atoms with Gasteiger partial charge in [-0.05, 0) is 141 Å². The van der Waals surface area contributed by atoms with Crippen LogP contribution < -0.4 is 0 Å². The van der Waals surface area contributed by atoms with Crippen molar-refractivity contribution in [2.45, 2.75) is 341 Å². The summed E-state index contributed by atoms with van der Waals surface area (Å²) in [7, 11) is -9.98. The van der Waals surface area contributed by atoms with Crippen LogP contribution in [0.2, 0.25) is 0 Å². The maximum absolute atomic E-state index is 13.1.